The average Bonchev–Trinajstić information content (AvgIpc) is 2.10. The molecule has 0 saturated carbocycles. The van der Waals surface area contributed by atoms with Crippen LogP contribution in [0.4, 0.5) is 0 Å². The van der Waals surface area contributed by atoms with Gasteiger partial charge in [0.1, 0.15) is 0 Å². The minimum Gasteiger partial charge on any atom is -0.410 e. The van der Waals surface area contributed by atoms with Crippen molar-refractivity contribution < 1.29 is 9.16 Å². The van der Waals surface area contributed by atoms with Gasteiger partial charge in [-0.25, -0.2) is 0 Å². The van der Waals surface area contributed by atoms with Gasteiger partial charge in [-0.1, -0.05) is 25.6 Å². The molecule has 70 valence electrons. The second-order valence-electron chi connectivity index (χ2n) is 2.39. The first-order valence-electron chi connectivity index (χ1n) is 4.51. The van der Waals surface area contributed by atoms with Crippen molar-refractivity contribution in [3.05, 3.63) is 11.8 Å². The van der Waals surface area contributed by atoms with Crippen LogP contribution in [0.15, 0.2) is 11.8 Å². The third-order valence-corrected chi connectivity index (χ3v) is 1.93. The highest BCUT2D eigenvalue weighted by molar-refractivity contribution is 6.34. The zero-order valence-electron chi connectivity index (χ0n) is 8.01. The highest BCUT2D eigenvalue weighted by atomic mass is 28.2. The fraction of sp³-hybridized carbons (Fsp3) is 0.778. The van der Waals surface area contributed by atoms with Crippen LogP contribution in [0.3, 0.4) is 0 Å². The Morgan fingerprint density at radius 3 is 2.67 bits per heavy atom. The first kappa shape index (κ1) is 11.9. The lowest BCUT2D eigenvalue weighted by atomic mass is 10.5. The van der Waals surface area contributed by atoms with Crippen molar-refractivity contribution in [3.63, 3.8) is 0 Å². The van der Waals surface area contributed by atoms with Crippen LogP contribution in [0, 0.1) is 0 Å². The molecule has 0 aliphatic rings. The van der Waals surface area contributed by atoms with E-state index < -0.39 is 0 Å². The average molecular weight is 186 g/mol. The quantitative estimate of drug-likeness (QED) is 0.426. The van der Waals surface area contributed by atoms with Crippen LogP contribution in [0.5, 0.6) is 0 Å². The van der Waals surface area contributed by atoms with E-state index in [0.717, 1.165) is 26.1 Å². The molecule has 0 unspecified atom stereocenters. The zero-order chi connectivity index (χ0) is 9.07. The van der Waals surface area contributed by atoms with Gasteiger partial charge in [0.25, 0.3) is 9.76 Å². The fourth-order valence-corrected chi connectivity index (χ4v) is 1.25. The van der Waals surface area contributed by atoms with Crippen LogP contribution in [0.25, 0.3) is 0 Å². The maximum atomic E-state index is 5.30. The minimum atomic E-state index is 0.490. The van der Waals surface area contributed by atoms with Gasteiger partial charge in [-0.2, -0.15) is 0 Å². The first-order valence-corrected chi connectivity index (χ1v) is 5.50. The summed E-state index contributed by atoms with van der Waals surface area (Å²) in [6.45, 7) is 6.50. The summed E-state index contributed by atoms with van der Waals surface area (Å²) in [5.41, 5.74) is 2.07. The molecule has 0 atom stereocenters. The van der Waals surface area contributed by atoms with E-state index in [2.05, 4.69) is 25.6 Å². The number of hydrogen-bond acceptors (Lipinski definition) is 2. The minimum absolute atomic E-state index is 0.490. The molecule has 0 aromatic heterocycles. The summed E-state index contributed by atoms with van der Waals surface area (Å²) in [5, 5.41) is 0. The molecular formula is C9H18O2Si. The molecule has 12 heavy (non-hydrogen) atoms. The summed E-state index contributed by atoms with van der Waals surface area (Å²) in [6, 6.07) is 0. The summed E-state index contributed by atoms with van der Waals surface area (Å²) in [5.74, 6) is 0. The molecule has 0 aromatic rings. The van der Waals surface area contributed by atoms with Gasteiger partial charge >= 0.3 is 0 Å². The normalized spacial score (nSPS) is 11.2. The molecular weight excluding hydrogens is 168 g/mol. The molecule has 2 radical (unpaired) electrons. The van der Waals surface area contributed by atoms with Crippen molar-refractivity contribution in [1.29, 1.82) is 0 Å². The number of rotatable bonds is 8. The van der Waals surface area contributed by atoms with E-state index in [9.17, 15) is 0 Å². The van der Waals surface area contributed by atoms with Crippen LogP contribution in [-0.2, 0) is 9.16 Å². The maximum absolute atomic E-state index is 5.30. The van der Waals surface area contributed by atoms with E-state index in [1.165, 1.54) is 0 Å². The van der Waals surface area contributed by atoms with E-state index in [1.54, 1.807) is 0 Å². The van der Waals surface area contributed by atoms with Gasteiger partial charge in [0.05, 0.1) is 13.2 Å². The van der Waals surface area contributed by atoms with Crippen molar-refractivity contribution in [2.75, 3.05) is 19.8 Å². The second kappa shape index (κ2) is 10.9. The second-order valence-corrected chi connectivity index (χ2v) is 3.25. The lowest BCUT2D eigenvalue weighted by Gasteiger charge is -2.01. The van der Waals surface area contributed by atoms with Crippen LogP contribution in [0.2, 0.25) is 0 Å². The standard InChI is InChI=1S/C9H18O2Si/c1-3-5-9-12-11-8-7-10-6-4-2/h5,9H,3-4,6-8H2,1-2H3/b9-5+. The number of hydrogen-bond donors (Lipinski definition) is 0. The Morgan fingerprint density at radius 2 is 2.00 bits per heavy atom. The third kappa shape index (κ3) is 9.88. The molecule has 0 spiro atoms. The van der Waals surface area contributed by atoms with Gasteiger partial charge in [0.15, 0.2) is 0 Å². The third-order valence-electron chi connectivity index (χ3n) is 1.18. The van der Waals surface area contributed by atoms with Gasteiger partial charge in [0, 0.05) is 6.61 Å². The number of ether oxygens (including phenoxy) is 1. The molecule has 0 aliphatic carbocycles. The largest absolute Gasteiger partial charge is 0.410 e. The molecule has 3 heteroatoms. The van der Waals surface area contributed by atoms with Gasteiger partial charge < -0.3 is 9.16 Å². The van der Waals surface area contributed by atoms with E-state index in [-0.39, 0.29) is 0 Å². The Bertz CT molecular complexity index is 105. The van der Waals surface area contributed by atoms with Crippen molar-refractivity contribution >= 4 is 9.76 Å². The van der Waals surface area contributed by atoms with Gasteiger partial charge in [0.2, 0.25) is 0 Å². The van der Waals surface area contributed by atoms with Crippen LogP contribution >= 0.6 is 0 Å². The van der Waals surface area contributed by atoms with Crippen molar-refractivity contribution in [2.24, 2.45) is 0 Å². The van der Waals surface area contributed by atoms with Crippen LogP contribution in [-0.4, -0.2) is 29.6 Å². The van der Waals surface area contributed by atoms with Crippen LogP contribution in [0.1, 0.15) is 26.7 Å². The van der Waals surface area contributed by atoms with Crippen LogP contribution < -0.4 is 0 Å². The lowest BCUT2D eigenvalue weighted by molar-refractivity contribution is 0.103. The SMILES string of the molecule is CC/C=C/[Si]OCCOCCC. The lowest BCUT2D eigenvalue weighted by Crippen LogP contribution is -2.06. The fourth-order valence-electron chi connectivity index (χ4n) is 0.620. The monoisotopic (exact) mass is 186 g/mol. The molecule has 0 saturated heterocycles. The summed E-state index contributed by atoms with van der Waals surface area (Å²) < 4.78 is 10.5. The smallest absolute Gasteiger partial charge is 0.260 e. The Labute approximate surface area is 77.9 Å². The molecule has 2 nitrogen and oxygen atoms in total. The molecule has 0 aliphatic heterocycles. The zero-order valence-corrected chi connectivity index (χ0v) is 9.01. The molecule has 0 bridgehead atoms. The molecule has 0 N–H and O–H groups in total. The van der Waals surface area contributed by atoms with E-state index in [1.807, 2.05) is 0 Å². The van der Waals surface area contributed by atoms with E-state index in [0.29, 0.717) is 16.4 Å². The van der Waals surface area contributed by atoms with Gasteiger partial charge in [-0.3, -0.25) is 0 Å². The van der Waals surface area contributed by atoms with E-state index >= 15 is 0 Å². The van der Waals surface area contributed by atoms with Crippen molar-refractivity contribution in [3.8, 4) is 0 Å². The molecule has 0 rings (SSSR count). The number of allylic oxidation sites excluding steroid dienone is 1. The summed E-state index contributed by atoms with van der Waals surface area (Å²) in [6.07, 6.45) is 4.28. The maximum Gasteiger partial charge on any atom is 0.260 e. The predicted molar refractivity (Wildman–Crippen MR) is 52.2 cm³/mol. The van der Waals surface area contributed by atoms with Gasteiger partial charge in [-0.05, 0) is 12.8 Å². The molecule has 0 amide bonds. The predicted octanol–water partition coefficient (Wildman–Crippen LogP) is 1.97. The highest BCUT2D eigenvalue weighted by Crippen LogP contribution is 1.82. The topological polar surface area (TPSA) is 18.5 Å². The summed E-state index contributed by atoms with van der Waals surface area (Å²) >= 11 is 0. The van der Waals surface area contributed by atoms with Gasteiger partial charge in [-0.15, -0.1) is 0 Å². The Balaban J connectivity index is 2.86. The molecule has 0 heterocycles. The van der Waals surface area contributed by atoms with Crippen molar-refractivity contribution in [2.45, 2.75) is 26.7 Å². The Morgan fingerprint density at radius 1 is 1.17 bits per heavy atom. The van der Waals surface area contributed by atoms with E-state index in [4.69, 9.17) is 9.16 Å². The Hall–Kier alpha value is -0.123. The molecule has 0 aromatic carbocycles. The summed E-state index contributed by atoms with van der Waals surface area (Å²) in [7, 11) is 0.490. The first-order chi connectivity index (χ1) is 5.91. The summed E-state index contributed by atoms with van der Waals surface area (Å²) in [4.78, 5) is 0. The Kier molecular flexibility index (Phi) is 10.8. The highest BCUT2D eigenvalue weighted by Gasteiger charge is 1.87. The van der Waals surface area contributed by atoms with Crippen molar-refractivity contribution in [1.82, 2.24) is 0 Å². The molecule has 0 fully saturated rings.